The molecule has 0 bridgehead atoms. The van der Waals surface area contributed by atoms with E-state index in [1.165, 1.54) is 0 Å². The van der Waals surface area contributed by atoms with Crippen molar-refractivity contribution in [3.8, 4) is 5.75 Å². The molecule has 0 saturated carbocycles. The Morgan fingerprint density at radius 3 is 2.72 bits per heavy atom. The van der Waals surface area contributed by atoms with Gasteiger partial charge in [0.1, 0.15) is 11.4 Å². The molecule has 130 valence electrons. The van der Waals surface area contributed by atoms with Gasteiger partial charge in [-0.15, -0.1) is 0 Å². The summed E-state index contributed by atoms with van der Waals surface area (Å²) in [6.07, 6.45) is 1.38. The Bertz CT molecular complexity index is 930. The average molecular weight is 358 g/mol. The number of benzene rings is 2. The molecule has 0 aliphatic heterocycles. The van der Waals surface area contributed by atoms with Gasteiger partial charge in [-0.1, -0.05) is 29.8 Å². The number of ether oxygens (including phenoxy) is 1. The predicted octanol–water partition coefficient (Wildman–Crippen LogP) is 4.85. The van der Waals surface area contributed by atoms with Gasteiger partial charge in [0.25, 0.3) is 0 Å². The van der Waals surface area contributed by atoms with Gasteiger partial charge in [-0.2, -0.15) is 0 Å². The van der Waals surface area contributed by atoms with Crippen molar-refractivity contribution in [2.24, 2.45) is 7.05 Å². The molecule has 1 heterocycles. The van der Waals surface area contributed by atoms with Gasteiger partial charge in [-0.3, -0.25) is 0 Å². The van der Waals surface area contributed by atoms with Crippen LogP contribution < -0.4 is 4.74 Å². The number of carbonyl (C=O) groups is 1. The van der Waals surface area contributed by atoms with Crippen LogP contribution in [-0.2, 0) is 13.5 Å². The largest absolute Gasteiger partial charge is 0.494 e. The minimum absolute atomic E-state index is 0.350. The fourth-order valence-electron chi connectivity index (χ4n) is 3.14. The third-order valence-electron chi connectivity index (χ3n) is 4.38. The quantitative estimate of drug-likeness (QED) is 0.641. The van der Waals surface area contributed by atoms with E-state index in [2.05, 4.69) is 0 Å². The second kappa shape index (κ2) is 7.19. The third-order valence-corrected chi connectivity index (χ3v) is 4.81. The van der Waals surface area contributed by atoms with Crippen LogP contribution in [0.5, 0.6) is 5.75 Å². The molecule has 4 nitrogen and oxygen atoms in total. The molecular formula is C20H20ClNO3. The lowest BCUT2D eigenvalue weighted by atomic mass is 10.1. The molecule has 0 aliphatic rings. The molecule has 0 saturated heterocycles. The van der Waals surface area contributed by atoms with Crippen molar-refractivity contribution in [1.82, 2.24) is 4.57 Å². The first kappa shape index (κ1) is 17.4. The molecule has 2 aromatic carbocycles. The van der Waals surface area contributed by atoms with E-state index < -0.39 is 5.97 Å². The van der Waals surface area contributed by atoms with Crippen molar-refractivity contribution in [2.75, 3.05) is 6.61 Å². The monoisotopic (exact) mass is 357 g/mol. The van der Waals surface area contributed by atoms with E-state index in [4.69, 9.17) is 16.3 Å². The fraction of sp³-hybridized carbons (Fsp3) is 0.250. The van der Waals surface area contributed by atoms with Crippen molar-refractivity contribution < 1.29 is 14.6 Å². The zero-order valence-electron chi connectivity index (χ0n) is 14.3. The Morgan fingerprint density at radius 2 is 2.00 bits per heavy atom. The van der Waals surface area contributed by atoms with Crippen molar-refractivity contribution >= 4 is 28.5 Å². The van der Waals surface area contributed by atoms with Gasteiger partial charge >= 0.3 is 5.97 Å². The van der Waals surface area contributed by atoms with Crippen LogP contribution in [-0.4, -0.2) is 22.2 Å². The Balaban J connectivity index is 1.73. The molecule has 0 fully saturated rings. The Labute approximate surface area is 151 Å². The second-order valence-electron chi connectivity index (χ2n) is 6.07. The van der Waals surface area contributed by atoms with E-state index >= 15 is 0 Å². The van der Waals surface area contributed by atoms with Crippen LogP contribution in [0.25, 0.3) is 10.9 Å². The number of aromatic nitrogens is 1. The zero-order chi connectivity index (χ0) is 18.0. The summed E-state index contributed by atoms with van der Waals surface area (Å²) in [5, 5.41) is 11.3. The number of hydrogen-bond acceptors (Lipinski definition) is 2. The molecule has 0 radical (unpaired) electrons. The second-order valence-corrected chi connectivity index (χ2v) is 6.48. The van der Waals surface area contributed by atoms with Gasteiger partial charge in [-0.25, -0.2) is 4.79 Å². The van der Waals surface area contributed by atoms with Crippen LogP contribution in [0.4, 0.5) is 0 Å². The standard InChI is InChI=1S/C20H20ClNO3/c1-13-12-14(9-10-17(13)21)25-11-5-7-16-15-6-3-4-8-18(15)22(2)19(16)20(23)24/h3-4,6,8-10,12H,5,7,11H2,1-2H3,(H,23,24). The topological polar surface area (TPSA) is 51.5 Å². The number of carboxylic acid groups (broad SMARTS) is 1. The number of halogens is 1. The number of nitrogens with zero attached hydrogens (tertiary/aromatic N) is 1. The van der Waals surface area contributed by atoms with Crippen LogP contribution in [0.3, 0.4) is 0 Å². The van der Waals surface area contributed by atoms with E-state index in [0.29, 0.717) is 23.7 Å². The molecule has 0 aliphatic carbocycles. The number of para-hydroxylation sites is 1. The first-order chi connectivity index (χ1) is 12.0. The number of carboxylic acids is 1. The van der Waals surface area contributed by atoms with Crippen molar-refractivity contribution in [3.63, 3.8) is 0 Å². The number of rotatable bonds is 6. The van der Waals surface area contributed by atoms with Crippen molar-refractivity contribution in [2.45, 2.75) is 19.8 Å². The van der Waals surface area contributed by atoms with Gasteiger partial charge in [-0.05, 0) is 55.2 Å². The highest BCUT2D eigenvalue weighted by Crippen LogP contribution is 2.27. The highest BCUT2D eigenvalue weighted by molar-refractivity contribution is 6.31. The zero-order valence-corrected chi connectivity index (χ0v) is 15.0. The summed E-state index contributed by atoms with van der Waals surface area (Å²) in [6.45, 7) is 2.45. The molecule has 0 atom stereocenters. The summed E-state index contributed by atoms with van der Waals surface area (Å²) < 4.78 is 7.52. The molecule has 3 aromatic rings. The molecule has 25 heavy (non-hydrogen) atoms. The van der Waals surface area contributed by atoms with E-state index in [9.17, 15) is 9.90 Å². The summed E-state index contributed by atoms with van der Waals surface area (Å²) in [5.41, 5.74) is 3.12. The van der Waals surface area contributed by atoms with Crippen LogP contribution in [0.15, 0.2) is 42.5 Å². The molecule has 5 heteroatoms. The van der Waals surface area contributed by atoms with Gasteiger partial charge in [0.15, 0.2) is 0 Å². The van der Waals surface area contributed by atoms with Crippen molar-refractivity contribution in [3.05, 3.63) is 64.3 Å². The SMILES string of the molecule is Cc1cc(OCCCc2c(C(=O)O)n(C)c3ccccc23)ccc1Cl. The third kappa shape index (κ3) is 3.49. The number of aryl methyl sites for hydroxylation is 3. The van der Waals surface area contributed by atoms with Crippen LogP contribution in [0, 0.1) is 6.92 Å². The average Bonchev–Trinajstić information content (AvgIpc) is 2.87. The first-order valence-electron chi connectivity index (χ1n) is 8.17. The molecule has 0 spiro atoms. The van der Waals surface area contributed by atoms with Gasteiger partial charge < -0.3 is 14.4 Å². The molecule has 0 amide bonds. The summed E-state index contributed by atoms with van der Waals surface area (Å²) in [7, 11) is 1.79. The Morgan fingerprint density at radius 1 is 1.24 bits per heavy atom. The highest BCUT2D eigenvalue weighted by Gasteiger charge is 2.19. The Kier molecular flexibility index (Phi) is 5.00. The summed E-state index contributed by atoms with van der Waals surface area (Å²) in [5.74, 6) is -0.124. The molecule has 1 aromatic heterocycles. The van der Waals surface area contributed by atoms with E-state index in [0.717, 1.165) is 34.2 Å². The lowest BCUT2D eigenvalue weighted by Gasteiger charge is -2.08. The maximum absolute atomic E-state index is 11.7. The van der Waals surface area contributed by atoms with E-state index in [1.54, 1.807) is 11.6 Å². The lowest BCUT2D eigenvalue weighted by Crippen LogP contribution is -2.08. The summed E-state index contributed by atoms with van der Waals surface area (Å²) in [6, 6.07) is 13.3. The number of hydrogen-bond donors (Lipinski definition) is 1. The molecule has 1 N–H and O–H groups in total. The molecular weight excluding hydrogens is 338 g/mol. The van der Waals surface area contributed by atoms with Gasteiger partial charge in [0.2, 0.25) is 0 Å². The molecule has 3 rings (SSSR count). The number of fused-ring (bicyclic) bond motifs is 1. The van der Waals surface area contributed by atoms with E-state index in [-0.39, 0.29) is 0 Å². The Hall–Kier alpha value is -2.46. The summed E-state index contributed by atoms with van der Waals surface area (Å²) in [4.78, 5) is 11.7. The minimum Gasteiger partial charge on any atom is -0.494 e. The smallest absolute Gasteiger partial charge is 0.352 e. The maximum atomic E-state index is 11.7. The summed E-state index contributed by atoms with van der Waals surface area (Å²) >= 11 is 6.01. The lowest BCUT2D eigenvalue weighted by molar-refractivity contribution is 0.0685. The van der Waals surface area contributed by atoms with E-state index in [1.807, 2.05) is 49.4 Å². The normalized spacial score (nSPS) is 11.0. The number of aromatic carboxylic acids is 1. The van der Waals surface area contributed by atoms with Gasteiger partial charge in [0, 0.05) is 23.0 Å². The van der Waals surface area contributed by atoms with Gasteiger partial charge in [0.05, 0.1) is 6.61 Å². The van der Waals surface area contributed by atoms with Crippen LogP contribution in [0.2, 0.25) is 5.02 Å². The van der Waals surface area contributed by atoms with Crippen LogP contribution >= 0.6 is 11.6 Å². The minimum atomic E-state index is -0.900. The van der Waals surface area contributed by atoms with Crippen molar-refractivity contribution in [1.29, 1.82) is 0 Å². The first-order valence-corrected chi connectivity index (χ1v) is 8.55. The maximum Gasteiger partial charge on any atom is 0.352 e. The predicted molar refractivity (Wildman–Crippen MR) is 99.9 cm³/mol. The fourth-order valence-corrected chi connectivity index (χ4v) is 3.26. The highest BCUT2D eigenvalue weighted by atomic mass is 35.5. The molecule has 0 unspecified atom stereocenters. The van der Waals surface area contributed by atoms with Crippen LogP contribution in [0.1, 0.15) is 28.0 Å².